The monoisotopic (exact) mass is 347 g/mol. The number of nitrogens with one attached hydrogen (secondary N) is 2. The van der Waals surface area contributed by atoms with Crippen molar-refractivity contribution in [3.63, 3.8) is 0 Å². The van der Waals surface area contributed by atoms with Gasteiger partial charge in [0.2, 0.25) is 0 Å². The second kappa shape index (κ2) is 8.67. The summed E-state index contributed by atoms with van der Waals surface area (Å²) in [5.74, 6) is 0.759. The Bertz CT molecular complexity index is 849. The Kier molecular flexibility index (Phi) is 5.83. The third-order valence-corrected chi connectivity index (χ3v) is 3.94. The van der Waals surface area contributed by atoms with E-state index < -0.39 is 0 Å². The van der Waals surface area contributed by atoms with E-state index >= 15 is 0 Å². The average molecular weight is 347 g/mol. The van der Waals surface area contributed by atoms with Crippen molar-refractivity contribution < 1.29 is 9.53 Å². The summed E-state index contributed by atoms with van der Waals surface area (Å²) in [5.41, 5.74) is 4.01. The molecule has 0 aliphatic heterocycles. The maximum Gasteiger partial charge on any atom is 0.319 e. The molecular formula is C21H21N3O2. The highest BCUT2D eigenvalue weighted by Gasteiger charge is 2.03. The van der Waals surface area contributed by atoms with Crippen LogP contribution in [0.4, 0.5) is 10.5 Å². The molecule has 0 atom stereocenters. The van der Waals surface area contributed by atoms with Gasteiger partial charge in [-0.1, -0.05) is 30.3 Å². The number of hydrogen-bond donors (Lipinski definition) is 2. The number of carbonyl (C=O) groups is 1. The van der Waals surface area contributed by atoms with Crippen LogP contribution in [0.1, 0.15) is 16.7 Å². The van der Waals surface area contributed by atoms with Gasteiger partial charge in [-0.2, -0.15) is 0 Å². The van der Waals surface area contributed by atoms with Gasteiger partial charge < -0.3 is 15.4 Å². The first kappa shape index (κ1) is 17.5. The quantitative estimate of drug-likeness (QED) is 0.699. The van der Waals surface area contributed by atoms with Crippen LogP contribution in [0, 0.1) is 6.92 Å². The van der Waals surface area contributed by atoms with Crippen LogP contribution in [-0.4, -0.2) is 11.0 Å². The second-order valence-corrected chi connectivity index (χ2v) is 5.91. The predicted octanol–water partition coefficient (Wildman–Crippen LogP) is 4.29. The highest BCUT2D eigenvalue weighted by atomic mass is 16.5. The molecule has 2 N–H and O–H groups in total. The highest BCUT2D eigenvalue weighted by Crippen LogP contribution is 2.18. The minimum Gasteiger partial charge on any atom is -0.489 e. The molecule has 0 bridgehead atoms. The number of aromatic nitrogens is 1. The summed E-state index contributed by atoms with van der Waals surface area (Å²) in [6.45, 7) is 3.01. The fourth-order valence-corrected chi connectivity index (χ4v) is 2.43. The van der Waals surface area contributed by atoms with Crippen LogP contribution in [0.15, 0.2) is 73.1 Å². The van der Waals surface area contributed by atoms with Gasteiger partial charge in [-0.3, -0.25) is 4.98 Å². The number of ether oxygens (including phenoxy) is 1. The van der Waals surface area contributed by atoms with Crippen molar-refractivity contribution in [1.82, 2.24) is 10.3 Å². The number of rotatable bonds is 6. The van der Waals surface area contributed by atoms with Crippen LogP contribution >= 0.6 is 0 Å². The summed E-state index contributed by atoms with van der Waals surface area (Å²) >= 11 is 0. The highest BCUT2D eigenvalue weighted by molar-refractivity contribution is 5.89. The van der Waals surface area contributed by atoms with E-state index in [4.69, 9.17) is 4.74 Å². The Hall–Kier alpha value is -3.34. The lowest BCUT2D eigenvalue weighted by atomic mass is 10.1. The first-order valence-electron chi connectivity index (χ1n) is 8.42. The SMILES string of the molecule is Cc1ccccc1COc1ccc(NC(=O)NCc2cccnc2)cc1. The number of pyridine rings is 1. The van der Waals surface area contributed by atoms with Gasteiger partial charge in [0.15, 0.2) is 0 Å². The van der Waals surface area contributed by atoms with Gasteiger partial charge in [0.1, 0.15) is 12.4 Å². The maximum atomic E-state index is 11.9. The third kappa shape index (κ3) is 5.08. The largest absolute Gasteiger partial charge is 0.489 e. The first-order valence-corrected chi connectivity index (χ1v) is 8.42. The molecule has 1 aromatic heterocycles. The molecule has 5 heteroatoms. The zero-order valence-electron chi connectivity index (χ0n) is 14.6. The molecule has 0 unspecified atom stereocenters. The van der Waals surface area contributed by atoms with Crippen molar-refractivity contribution in [1.29, 1.82) is 0 Å². The van der Waals surface area contributed by atoms with E-state index in [-0.39, 0.29) is 6.03 Å². The van der Waals surface area contributed by atoms with Gasteiger partial charge in [0, 0.05) is 24.6 Å². The first-order chi connectivity index (χ1) is 12.7. The van der Waals surface area contributed by atoms with Crippen molar-refractivity contribution in [3.8, 4) is 5.75 Å². The molecule has 0 radical (unpaired) electrons. The fraction of sp³-hybridized carbons (Fsp3) is 0.143. The lowest BCUT2D eigenvalue weighted by molar-refractivity contribution is 0.251. The molecule has 2 amide bonds. The molecule has 1 heterocycles. The van der Waals surface area contributed by atoms with Crippen molar-refractivity contribution in [2.24, 2.45) is 0 Å². The van der Waals surface area contributed by atoms with Crippen molar-refractivity contribution in [2.75, 3.05) is 5.32 Å². The summed E-state index contributed by atoms with van der Waals surface area (Å²) in [6, 6.07) is 18.9. The van der Waals surface area contributed by atoms with Crippen LogP contribution in [-0.2, 0) is 13.2 Å². The van der Waals surface area contributed by atoms with Crippen molar-refractivity contribution in [3.05, 3.63) is 89.7 Å². The predicted molar refractivity (Wildman–Crippen MR) is 102 cm³/mol. The molecule has 132 valence electrons. The number of carbonyl (C=O) groups excluding carboxylic acids is 1. The van der Waals surface area contributed by atoms with Crippen LogP contribution in [0.25, 0.3) is 0 Å². The van der Waals surface area contributed by atoms with Gasteiger partial charge in [-0.15, -0.1) is 0 Å². The molecule has 0 fully saturated rings. The summed E-state index contributed by atoms with van der Waals surface area (Å²) in [5, 5.41) is 5.59. The maximum absolute atomic E-state index is 11.9. The standard InChI is InChI=1S/C21H21N3O2/c1-16-5-2-3-7-18(16)15-26-20-10-8-19(9-11-20)24-21(25)23-14-17-6-4-12-22-13-17/h2-13H,14-15H2,1H3,(H2,23,24,25). The molecule has 0 saturated carbocycles. The van der Waals surface area contributed by atoms with E-state index in [0.29, 0.717) is 18.8 Å². The van der Waals surface area contributed by atoms with E-state index in [1.165, 1.54) is 5.56 Å². The number of benzene rings is 2. The van der Waals surface area contributed by atoms with Gasteiger partial charge in [-0.25, -0.2) is 4.79 Å². The lowest BCUT2D eigenvalue weighted by Crippen LogP contribution is -2.28. The summed E-state index contributed by atoms with van der Waals surface area (Å²) in [6.07, 6.45) is 3.42. The average Bonchev–Trinajstić information content (AvgIpc) is 2.68. The smallest absolute Gasteiger partial charge is 0.319 e. The van der Waals surface area contributed by atoms with E-state index in [9.17, 15) is 4.79 Å². The number of urea groups is 1. The fourth-order valence-electron chi connectivity index (χ4n) is 2.43. The van der Waals surface area contributed by atoms with Crippen LogP contribution in [0.5, 0.6) is 5.75 Å². The summed E-state index contributed by atoms with van der Waals surface area (Å²) < 4.78 is 5.80. The topological polar surface area (TPSA) is 63.2 Å². The minimum absolute atomic E-state index is 0.262. The second-order valence-electron chi connectivity index (χ2n) is 5.91. The number of anilines is 1. The normalized spacial score (nSPS) is 10.2. The number of hydrogen-bond acceptors (Lipinski definition) is 3. The van der Waals surface area contributed by atoms with E-state index in [2.05, 4.69) is 34.7 Å². The molecule has 26 heavy (non-hydrogen) atoms. The Morgan fingerprint density at radius 1 is 1.04 bits per heavy atom. The zero-order chi connectivity index (χ0) is 18.2. The Labute approximate surface area is 153 Å². The Morgan fingerprint density at radius 3 is 2.58 bits per heavy atom. The van der Waals surface area contributed by atoms with E-state index in [1.54, 1.807) is 12.4 Å². The minimum atomic E-state index is -0.262. The summed E-state index contributed by atoms with van der Waals surface area (Å²) in [4.78, 5) is 16.0. The van der Waals surface area contributed by atoms with Crippen LogP contribution in [0.3, 0.4) is 0 Å². The summed E-state index contributed by atoms with van der Waals surface area (Å²) in [7, 11) is 0. The van der Waals surface area contributed by atoms with Gasteiger partial charge in [0.25, 0.3) is 0 Å². The van der Waals surface area contributed by atoms with Gasteiger partial charge in [0.05, 0.1) is 0 Å². The molecule has 5 nitrogen and oxygen atoms in total. The van der Waals surface area contributed by atoms with Crippen LogP contribution < -0.4 is 15.4 Å². The lowest BCUT2D eigenvalue weighted by Gasteiger charge is -2.10. The van der Waals surface area contributed by atoms with E-state index in [0.717, 1.165) is 16.9 Å². The zero-order valence-corrected chi connectivity index (χ0v) is 14.6. The third-order valence-electron chi connectivity index (χ3n) is 3.94. The van der Waals surface area contributed by atoms with Crippen molar-refractivity contribution >= 4 is 11.7 Å². The number of nitrogens with zero attached hydrogens (tertiary/aromatic N) is 1. The number of aryl methyl sites for hydroxylation is 1. The van der Waals surface area contributed by atoms with Gasteiger partial charge in [-0.05, 0) is 53.9 Å². The van der Waals surface area contributed by atoms with Gasteiger partial charge >= 0.3 is 6.03 Å². The Balaban J connectivity index is 1.48. The van der Waals surface area contributed by atoms with E-state index in [1.807, 2.05) is 48.5 Å². The molecule has 0 saturated heterocycles. The molecule has 2 aromatic carbocycles. The Morgan fingerprint density at radius 2 is 1.85 bits per heavy atom. The molecule has 3 aromatic rings. The molecule has 0 aliphatic carbocycles. The molecule has 0 spiro atoms. The molecule has 0 aliphatic rings. The molecular weight excluding hydrogens is 326 g/mol. The van der Waals surface area contributed by atoms with Crippen molar-refractivity contribution in [2.45, 2.75) is 20.1 Å². The molecule has 3 rings (SSSR count). The number of amides is 2. The van der Waals surface area contributed by atoms with Crippen LogP contribution in [0.2, 0.25) is 0 Å².